The van der Waals surface area contributed by atoms with Crippen molar-refractivity contribution in [1.29, 1.82) is 0 Å². The highest BCUT2D eigenvalue weighted by Gasteiger charge is 2.39. The van der Waals surface area contributed by atoms with Gasteiger partial charge in [0.1, 0.15) is 12.6 Å². The van der Waals surface area contributed by atoms with E-state index in [1.807, 2.05) is 0 Å². The minimum absolute atomic E-state index is 0.113. The van der Waals surface area contributed by atoms with Gasteiger partial charge in [-0.2, -0.15) is 23.1 Å². The molecule has 1 saturated heterocycles. The molecule has 0 bridgehead atoms. The Morgan fingerprint density at radius 2 is 1.73 bits per heavy atom. The Morgan fingerprint density at radius 1 is 0.970 bits per heavy atom. The maximum Gasteiger partial charge on any atom is 0.471 e. The van der Waals surface area contributed by atoms with Crippen LogP contribution in [0.2, 0.25) is 0 Å². The van der Waals surface area contributed by atoms with Crippen molar-refractivity contribution in [2.45, 2.75) is 12.2 Å². The molecule has 33 heavy (non-hydrogen) atoms. The fourth-order valence-corrected chi connectivity index (χ4v) is 3.29. The number of benzene rings is 1. The van der Waals surface area contributed by atoms with Crippen LogP contribution in [0, 0.1) is 0 Å². The molecule has 1 aliphatic rings. The van der Waals surface area contributed by atoms with Crippen LogP contribution in [0.15, 0.2) is 57.8 Å². The molecule has 13 heteroatoms. The molecule has 3 aromatic heterocycles. The lowest BCUT2D eigenvalue weighted by Crippen LogP contribution is -2.44. The Labute approximate surface area is 183 Å². The second-order valence-electron chi connectivity index (χ2n) is 6.96. The van der Waals surface area contributed by atoms with E-state index < -0.39 is 18.1 Å². The van der Waals surface area contributed by atoms with Gasteiger partial charge in [-0.25, -0.2) is 0 Å². The van der Waals surface area contributed by atoms with E-state index in [2.05, 4.69) is 29.8 Å². The summed E-state index contributed by atoms with van der Waals surface area (Å²) in [6.07, 6.45) is -1.55. The number of alkyl halides is 3. The molecule has 0 saturated carbocycles. The number of pyridine rings is 1. The first-order valence-corrected chi connectivity index (χ1v) is 9.55. The number of carbonyl (C=O) groups excluding carboxylic acids is 1. The van der Waals surface area contributed by atoms with Gasteiger partial charge in [0.15, 0.2) is 0 Å². The smallest absolute Gasteiger partial charge is 0.369 e. The van der Waals surface area contributed by atoms with Gasteiger partial charge in [-0.15, -0.1) is 0 Å². The molecule has 4 aromatic rings. The summed E-state index contributed by atoms with van der Waals surface area (Å²) in [6, 6.07) is 8.86. The molecule has 1 aromatic carbocycles. The van der Waals surface area contributed by atoms with Gasteiger partial charge >= 0.3 is 12.1 Å². The van der Waals surface area contributed by atoms with Crippen molar-refractivity contribution in [3.63, 3.8) is 0 Å². The van der Waals surface area contributed by atoms with Gasteiger partial charge in [0, 0.05) is 29.2 Å². The number of hydrogen-bond acceptors (Lipinski definition) is 9. The van der Waals surface area contributed by atoms with Gasteiger partial charge in [-0.05, 0) is 36.4 Å². The number of hydrogen-bond donors (Lipinski definition) is 0. The van der Waals surface area contributed by atoms with Crippen LogP contribution in [-0.4, -0.2) is 44.4 Å². The summed E-state index contributed by atoms with van der Waals surface area (Å²) in [6.45, 7) is -0.0381. The number of morpholine rings is 1. The summed E-state index contributed by atoms with van der Waals surface area (Å²) < 4.78 is 53.1. The first-order chi connectivity index (χ1) is 15.9. The van der Waals surface area contributed by atoms with Crippen molar-refractivity contribution in [2.24, 2.45) is 0 Å². The van der Waals surface area contributed by atoms with E-state index in [4.69, 9.17) is 9.26 Å². The van der Waals surface area contributed by atoms with Crippen molar-refractivity contribution < 1.29 is 31.7 Å². The van der Waals surface area contributed by atoms with E-state index in [-0.39, 0.29) is 36.4 Å². The largest absolute Gasteiger partial charge is 0.471 e. The zero-order valence-corrected chi connectivity index (χ0v) is 16.6. The van der Waals surface area contributed by atoms with E-state index in [0.29, 0.717) is 17.1 Å². The van der Waals surface area contributed by atoms with Gasteiger partial charge in [0.2, 0.25) is 11.6 Å². The van der Waals surface area contributed by atoms with E-state index in [0.717, 1.165) is 0 Å². The molecule has 1 amide bonds. The number of nitrogens with zero attached hydrogens (tertiary/aromatic N) is 6. The molecular weight excluding hydrogens is 445 g/mol. The van der Waals surface area contributed by atoms with Gasteiger partial charge in [-0.3, -0.25) is 14.7 Å². The van der Waals surface area contributed by atoms with Crippen molar-refractivity contribution >= 4 is 11.6 Å². The third-order valence-electron chi connectivity index (χ3n) is 4.80. The quantitative estimate of drug-likeness (QED) is 0.453. The first-order valence-electron chi connectivity index (χ1n) is 9.55. The van der Waals surface area contributed by atoms with Gasteiger partial charge in [0.25, 0.3) is 11.8 Å². The lowest BCUT2D eigenvalue weighted by atomic mass is 10.1. The number of rotatable bonds is 4. The van der Waals surface area contributed by atoms with E-state index >= 15 is 0 Å². The monoisotopic (exact) mass is 458 g/mol. The summed E-state index contributed by atoms with van der Waals surface area (Å²) in [4.78, 5) is 25.8. The van der Waals surface area contributed by atoms with Gasteiger partial charge < -0.3 is 13.8 Å². The molecule has 10 nitrogen and oxygen atoms in total. The third kappa shape index (κ3) is 4.05. The summed E-state index contributed by atoms with van der Waals surface area (Å²) in [7, 11) is 0. The predicted octanol–water partition coefficient (Wildman–Crippen LogP) is 3.30. The number of amides is 1. The molecule has 1 unspecified atom stereocenters. The number of aromatic nitrogens is 5. The van der Waals surface area contributed by atoms with Crippen LogP contribution in [-0.2, 0) is 15.7 Å². The Bertz CT molecular complexity index is 1270. The van der Waals surface area contributed by atoms with Crippen molar-refractivity contribution in [2.75, 3.05) is 18.1 Å². The summed E-state index contributed by atoms with van der Waals surface area (Å²) in [5.41, 5.74) is 1.38. The summed E-state index contributed by atoms with van der Waals surface area (Å²) in [5, 5.41) is 7.31. The molecule has 5 rings (SSSR count). The summed E-state index contributed by atoms with van der Waals surface area (Å²) >= 11 is 0. The molecule has 0 spiro atoms. The highest BCUT2D eigenvalue weighted by atomic mass is 19.4. The fourth-order valence-electron chi connectivity index (χ4n) is 3.29. The molecule has 168 valence electrons. The van der Waals surface area contributed by atoms with Crippen LogP contribution >= 0.6 is 0 Å². The Kier molecular flexibility index (Phi) is 5.09. The van der Waals surface area contributed by atoms with Crippen LogP contribution in [0.3, 0.4) is 0 Å². The summed E-state index contributed by atoms with van der Waals surface area (Å²) in [5.74, 6) is -1.54. The van der Waals surface area contributed by atoms with Crippen LogP contribution in [0.25, 0.3) is 22.8 Å². The van der Waals surface area contributed by atoms with Crippen LogP contribution in [0.5, 0.6) is 0 Å². The highest BCUT2D eigenvalue weighted by molar-refractivity contribution is 5.95. The molecule has 4 heterocycles. The average molecular weight is 458 g/mol. The van der Waals surface area contributed by atoms with E-state index in [9.17, 15) is 18.0 Å². The number of ether oxygens (including phenoxy) is 1. The van der Waals surface area contributed by atoms with Crippen LogP contribution in [0.1, 0.15) is 17.8 Å². The van der Waals surface area contributed by atoms with Gasteiger partial charge in [0.05, 0.1) is 6.61 Å². The van der Waals surface area contributed by atoms with Crippen LogP contribution in [0.4, 0.5) is 18.9 Å². The molecule has 1 atom stereocenters. The topological polar surface area (TPSA) is 120 Å². The minimum Gasteiger partial charge on any atom is -0.369 e. The number of halogens is 3. The Hall–Kier alpha value is -4.13. The second-order valence-corrected chi connectivity index (χ2v) is 6.96. The van der Waals surface area contributed by atoms with Gasteiger partial charge in [-0.1, -0.05) is 10.3 Å². The average Bonchev–Trinajstić information content (AvgIpc) is 3.50. The first kappa shape index (κ1) is 20.8. The Morgan fingerprint density at radius 3 is 2.42 bits per heavy atom. The maximum atomic E-state index is 12.7. The zero-order valence-electron chi connectivity index (χ0n) is 16.6. The lowest BCUT2D eigenvalue weighted by molar-refractivity contribution is -0.159. The van der Waals surface area contributed by atoms with Crippen LogP contribution < -0.4 is 4.90 Å². The fraction of sp³-hybridized carbons (Fsp3) is 0.200. The van der Waals surface area contributed by atoms with E-state index in [1.54, 1.807) is 36.7 Å². The number of carbonyl (C=O) groups is 1. The van der Waals surface area contributed by atoms with Crippen molar-refractivity contribution in [3.8, 4) is 22.8 Å². The molecule has 0 aliphatic carbocycles. The SMILES string of the molecule is O=C1COCC(c2nc(-c3cccnc3)no2)N1c1ccc(-c2noc(C(F)(F)F)n2)cc1. The third-order valence-corrected chi connectivity index (χ3v) is 4.80. The van der Waals surface area contributed by atoms with Crippen molar-refractivity contribution in [1.82, 2.24) is 25.3 Å². The highest BCUT2D eigenvalue weighted by Crippen LogP contribution is 2.33. The lowest BCUT2D eigenvalue weighted by Gasteiger charge is -2.33. The van der Waals surface area contributed by atoms with Crippen molar-refractivity contribution in [3.05, 3.63) is 60.6 Å². The molecule has 0 N–H and O–H groups in total. The maximum absolute atomic E-state index is 12.7. The molecule has 1 fully saturated rings. The molecular formula is C20H13F3N6O4. The molecule has 1 aliphatic heterocycles. The second kappa shape index (κ2) is 8.09. The minimum atomic E-state index is -4.74. The Balaban J connectivity index is 1.42. The normalized spacial score (nSPS) is 16.9. The molecule has 0 radical (unpaired) electrons. The predicted molar refractivity (Wildman–Crippen MR) is 103 cm³/mol. The zero-order chi connectivity index (χ0) is 23.0. The van der Waals surface area contributed by atoms with E-state index in [1.165, 1.54) is 17.0 Å². The standard InChI is InChI=1S/C20H13F3N6O4/c21-20(22,23)19-26-16(28-33-19)11-3-5-13(6-4-11)29-14(9-31-10-15(29)30)18-25-17(27-32-18)12-2-1-7-24-8-12/h1-8,14H,9-10H2. The number of anilines is 1.